The fourth-order valence-electron chi connectivity index (χ4n) is 1.91. The molecule has 0 spiro atoms. The first-order chi connectivity index (χ1) is 11.1. The van der Waals surface area contributed by atoms with Crippen LogP contribution in [0.3, 0.4) is 0 Å². The molecule has 2 aromatic rings. The summed E-state index contributed by atoms with van der Waals surface area (Å²) in [5, 5.41) is 13.9. The second-order valence-electron chi connectivity index (χ2n) is 5.00. The summed E-state index contributed by atoms with van der Waals surface area (Å²) in [6.07, 6.45) is 0.891. The van der Waals surface area contributed by atoms with Crippen LogP contribution in [0.1, 0.15) is 42.0 Å². The van der Waals surface area contributed by atoms with Crippen LogP contribution >= 0.6 is 0 Å². The predicted octanol–water partition coefficient (Wildman–Crippen LogP) is 1.08. The molecule has 0 bridgehead atoms. The summed E-state index contributed by atoms with van der Waals surface area (Å²) in [4.78, 5) is 22.9. The predicted molar refractivity (Wildman–Crippen MR) is 81.2 cm³/mol. The number of hydrogen-bond donors (Lipinski definition) is 1. The van der Waals surface area contributed by atoms with Crippen molar-refractivity contribution in [3.05, 3.63) is 41.2 Å². The first-order valence-corrected chi connectivity index (χ1v) is 7.35. The maximum Gasteiger partial charge on any atom is 0.338 e. The average molecular weight is 317 g/mol. The van der Waals surface area contributed by atoms with Crippen LogP contribution in [0.2, 0.25) is 0 Å². The molecule has 0 radical (unpaired) electrons. The number of aryl methyl sites for hydroxylation is 1. The van der Waals surface area contributed by atoms with Crippen LogP contribution in [0.5, 0.6) is 0 Å². The van der Waals surface area contributed by atoms with E-state index in [1.54, 1.807) is 28.9 Å². The van der Waals surface area contributed by atoms with Gasteiger partial charge < -0.3 is 10.1 Å². The van der Waals surface area contributed by atoms with Gasteiger partial charge in [0.2, 0.25) is 5.91 Å². The van der Waals surface area contributed by atoms with Gasteiger partial charge in [0.1, 0.15) is 0 Å². The van der Waals surface area contributed by atoms with Gasteiger partial charge in [0.05, 0.1) is 5.56 Å². The Kier molecular flexibility index (Phi) is 5.79. The zero-order valence-electron chi connectivity index (χ0n) is 13.2. The number of tetrazole rings is 1. The number of carbonyl (C=O) groups is 2. The normalized spacial score (nSPS) is 10.3. The highest BCUT2D eigenvalue weighted by atomic mass is 16.5. The molecule has 1 aromatic carbocycles. The van der Waals surface area contributed by atoms with E-state index in [1.807, 2.05) is 6.92 Å². The first kappa shape index (κ1) is 16.6. The molecular weight excluding hydrogens is 298 g/mol. The molecule has 1 aromatic heterocycles. The molecule has 0 fully saturated rings. The number of hydrogen-bond acceptors (Lipinski definition) is 6. The molecule has 1 heterocycles. The summed E-state index contributed by atoms with van der Waals surface area (Å²) in [6, 6.07) is 6.87. The Morgan fingerprint density at radius 1 is 1.26 bits per heavy atom. The lowest BCUT2D eigenvalue weighted by Crippen LogP contribution is -2.18. The largest absolute Gasteiger partial charge is 0.454 e. The summed E-state index contributed by atoms with van der Waals surface area (Å²) >= 11 is 0. The van der Waals surface area contributed by atoms with Gasteiger partial charge in [-0.25, -0.2) is 9.48 Å². The van der Waals surface area contributed by atoms with E-state index in [-0.39, 0.29) is 12.5 Å². The van der Waals surface area contributed by atoms with E-state index in [2.05, 4.69) is 20.8 Å². The number of nitrogens with one attached hydrogen (secondary N) is 1. The Hall–Kier alpha value is -2.77. The van der Waals surface area contributed by atoms with E-state index in [9.17, 15) is 9.59 Å². The fourth-order valence-corrected chi connectivity index (χ4v) is 1.91. The summed E-state index contributed by atoms with van der Waals surface area (Å²) < 4.78 is 6.84. The Balaban J connectivity index is 1.90. The molecule has 122 valence electrons. The first-order valence-electron chi connectivity index (χ1n) is 7.35. The highest BCUT2D eigenvalue weighted by Crippen LogP contribution is 2.07. The van der Waals surface area contributed by atoms with E-state index in [0.717, 1.165) is 12.0 Å². The molecule has 8 heteroatoms. The van der Waals surface area contributed by atoms with Gasteiger partial charge >= 0.3 is 5.97 Å². The second kappa shape index (κ2) is 8.02. The highest BCUT2D eigenvalue weighted by molar-refractivity contribution is 5.89. The number of benzene rings is 1. The van der Waals surface area contributed by atoms with Gasteiger partial charge in [-0.3, -0.25) is 4.79 Å². The maximum atomic E-state index is 12.0. The van der Waals surface area contributed by atoms with Crippen molar-refractivity contribution in [1.29, 1.82) is 0 Å². The number of carbonyl (C=O) groups excluding carboxylic acids is 2. The third-order valence-electron chi connectivity index (χ3n) is 3.10. The van der Waals surface area contributed by atoms with Gasteiger partial charge in [0.25, 0.3) is 0 Å². The van der Waals surface area contributed by atoms with Gasteiger partial charge in [-0.05, 0) is 34.5 Å². The maximum absolute atomic E-state index is 12.0. The van der Waals surface area contributed by atoms with Crippen molar-refractivity contribution in [2.75, 3.05) is 0 Å². The minimum absolute atomic E-state index is 0.0273. The third kappa shape index (κ3) is 4.87. The molecule has 8 nitrogen and oxygen atoms in total. The lowest BCUT2D eigenvalue weighted by atomic mass is 10.1. The molecule has 0 aliphatic heterocycles. The number of esters is 1. The topological polar surface area (TPSA) is 99.0 Å². The van der Waals surface area contributed by atoms with Crippen LogP contribution in [0.15, 0.2) is 24.3 Å². The van der Waals surface area contributed by atoms with Crippen molar-refractivity contribution < 1.29 is 14.3 Å². The number of nitrogens with zero attached hydrogens (tertiary/aromatic N) is 4. The van der Waals surface area contributed by atoms with Crippen molar-refractivity contribution in [1.82, 2.24) is 25.5 Å². The van der Waals surface area contributed by atoms with Crippen LogP contribution in [-0.2, 0) is 29.2 Å². The van der Waals surface area contributed by atoms with Crippen molar-refractivity contribution in [2.45, 2.75) is 40.0 Å². The summed E-state index contributed by atoms with van der Waals surface area (Å²) in [6.45, 7) is 4.60. The number of rotatable bonds is 7. The monoisotopic (exact) mass is 317 g/mol. The van der Waals surface area contributed by atoms with Gasteiger partial charge in [-0.2, -0.15) is 0 Å². The van der Waals surface area contributed by atoms with Gasteiger partial charge in [0.15, 0.2) is 12.4 Å². The Morgan fingerprint density at radius 3 is 2.65 bits per heavy atom. The minimum Gasteiger partial charge on any atom is -0.454 e. The Labute approximate surface area is 133 Å². The summed E-state index contributed by atoms with van der Waals surface area (Å²) in [5.41, 5.74) is 1.34. The quantitative estimate of drug-likeness (QED) is 0.767. The summed E-state index contributed by atoms with van der Waals surface area (Å²) in [7, 11) is 0. The number of aromatic nitrogens is 4. The Morgan fingerprint density at radius 2 is 2.00 bits per heavy atom. The Bertz CT molecular complexity index is 666. The highest BCUT2D eigenvalue weighted by Gasteiger charge is 2.11. The van der Waals surface area contributed by atoms with Gasteiger partial charge in [-0.1, -0.05) is 19.1 Å². The standard InChI is InChI=1S/C15H19N5O3/c1-3-8-20-14(17-18-19-20)10-23-15(22)13-6-4-12(5-7-13)9-16-11(2)21/h4-7H,3,8-10H2,1-2H3,(H,16,21). The molecule has 0 unspecified atom stereocenters. The molecule has 1 N–H and O–H groups in total. The molecule has 1 amide bonds. The average Bonchev–Trinajstić information content (AvgIpc) is 2.99. The van der Waals surface area contributed by atoms with Crippen molar-refractivity contribution in [3.63, 3.8) is 0 Å². The molecule has 0 aliphatic rings. The fraction of sp³-hybridized carbons (Fsp3) is 0.400. The summed E-state index contributed by atoms with van der Waals surface area (Å²) in [5.74, 6) is -0.0251. The van der Waals surface area contributed by atoms with Crippen LogP contribution in [0.25, 0.3) is 0 Å². The van der Waals surface area contributed by atoms with Gasteiger partial charge in [0, 0.05) is 20.0 Å². The van der Waals surface area contributed by atoms with Crippen molar-refractivity contribution in [2.24, 2.45) is 0 Å². The molecule has 0 atom stereocenters. The molecule has 0 aliphatic carbocycles. The van der Waals surface area contributed by atoms with E-state index < -0.39 is 5.97 Å². The molecule has 0 saturated carbocycles. The van der Waals surface area contributed by atoms with Crippen molar-refractivity contribution >= 4 is 11.9 Å². The third-order valence-corrected chi connectivity index (χ3v) is 3.10. The SMILES string of the molecule is CCCn1nnnc1COC(=O)c1ccc(CNC(C)=O)cc1. The lowest BCUT2D eigenvalue weighted by molar-refractivity contribution is -0.119. The lowest BCUT2D eigenvalue weighted by Gasteiger charge is -2.06. The van der Waals surface area contributed by atoms with Crippen LogP contribution in [0, 0.1) is 0 Å². The van der Waals surface area contributed by atoms with Gasteiger partial charge in [-0.15, -0.1) is 5.10 Å². The van der Waals surface area contributed by atoms with Crippen molar-refractivity contribution in [3.8, 4) is 0 Å². The molecule has 2 rings (SSSR count). The zero-order valence-corrected chi connectivity index (χ0v) is 13.2. The number of amides is 1. The number of ether oxygens (including phenoxy) is 1. The van der Waals surface area contributed by atoms with Crippen LogP contribution in [-0.4, -0.2) is 32.1 Å². The zero-order chi connectivity index (χ0) is 16.7. The molecule has 0 saturated heterocycles. The van der Waals surface area contributed by atoms with E-state index in [0.29, 0.717) is 24.5 Å². The smallest absolute Gasteiger partial charge is 0.338 e. The van der Waals surface area contributed by atoms with Crippen LogP contribution < -0.4 is 5.32 Å². The van der Waals surface area contributed by atoms with Crippen LogP contribution in [0.4, 0.5) is 0 Å². The molecule has 23 heavy (non-hydrogen) atoms. The minimum atomic E-state index is -0.442. The van der Waals surface area contributed by atoms with E-state index >= 15 is 0 Å². The second-order valence-corrected chi connectivity index (χ2v) is 5.00. The van der Waals surface area contributed by atoms with E-state index in [4.69, 9.17) is 4.74 Å². The molecular formula is C15H19N5O3. The van der Waals surface area contributed by atoms with E-state index in [1.165, 1.54) is 6.92 Å².